The van der Waals surface area contributed by atoms with E-state index < -0.39 is 18.1 Å². The van der Waals surface area contributed by atoms with Crippen LogP contribution in [0, 0.1) is 40.9 Å². The molecule has 5 rings (SSSR count). The Hall–Kier alpha value is -1.19. The fourth-order valence-electron chi connectivity index (χ4n) is 7.50. The van der Waals surface area contributed by atoms with Crippen LogP contribution >= 0.6 is 23.2 Å². The lowest BCUT2D eigenvalue weighted by Crippen LogP contribution is -2.54. The second-order valence-corrected chi connectivity index (χ2v) is 13.3. The number of hydrogen-bond acceptors (Lipinski definition) is 4. The topological polar surface area (TPSA) is 83.0 Å². The van der Waals surface area contributed by atoms with Crippen molar-refractivity contribution in [3.63, 3.8) is 0 Å². The summed E-state index contributed by atoms with van der Waals surface area (Å²) in [5, 5.41) is 13.9. The van der Waals surface area contributed by atoms with Gasteiger partial charge in [0.1, 0.15) is 12.3 Å². The number of alkyl halides is 5. The lowest BCUT2D eigenvalue weighted by atomic mass is 9.66. The van der Waals surface area contributed by atoms with Crippen molar-refractivity contribution in [1.82, 2.24) is 15.2 Å². The molecular weight excluding hydrogens is 540 g/mol. The maximum Gasteiger partial charge on any atom is 0.404 e. The highest BCUT2D eigenvalue weighted by Gasteiger charge is 2.50. The Morgan fingerprint density at radius 3 is 2.53 bits per heavy atom. The summed E-state index contributed by atoms with van der Waals surface area (Å²) in [7, 11) is 0. The first-order valence-corrected chi connectivity index (χ1v) is 15.0. The van der Waals surface area contributed by atoms with E-state index in [0.29, 0.717) is 51.1 Å². The van der Waals surface area contributed by atoms with E-state index in [4.69, 9.17) is 33.0 Å². The van der Waals surface area contributed by atoms with E-state index in [2.05, 4.69) is 10.6 Å². The molecule has 214 valence electrons. The van der Waals surface area contributed by atoms with Gasteiger partial charge in [0, 0.05) is 30.1 Å². The Morgan fingerprint density at radius 2 is 1.87 bits per heavy atom. The van der Waals surface area contributed by atoms with E-state index in [1.165, 1.54) is 6.26 Å². The quantitative estimate of drug-likeness (QED) is 0.377. The SMILES string of the molecule is N=c1occn1CC1CC(C(=O)N[C@@H](C2CC2)C2CCC(Cl)C(Cl)C2)CC(C2CCCNC2C(F)(F)F)C1. The van der Waals surface area contributed by atoms with Crippen LogP contribution in [-0.2, 0) is 11.3 Å². The predicted octanol–water partition coefficient (Wildman–Crippen LogP) is 5.43. The van der Waals surface area contributed by atoms with E-state index in [0.717, 1.165) is 32.1 Å². The molecule has 3 aliphatic carbocycles. The summed E-state index contributed by atoms with van der Waals surface area (Å²) in [6.07, 6.45) is 6.39. The van der Waals surface area contributed by atoms with Crippen molar-refractivity contribution in [2.24, 2.45) is 35.5 Å². The third-order valence-corrected chi connectivity index (χ3v) is 10.6. The first-order valence-electron chi connectivity index (χ1n) is 14.2. The molecular formula is C27H39Cl2F3N4O2. The molecule has 38 heavy (non-hydrogen) atoms. The molecule has 1 saturated heterocycles. The van der Waals surface area contributed by atoms with Gasteiger partial charge in [-0.15, -0.1) is 23.2 Å². The lowest BCUT2D eigenvalue weighted by molar-refractivity contribution is -0.179. The largest absolute Gasteiger partial charge is 0.432 e. The van der Waals surface area contributed by atoms with Crippen molar-refractivity contribution in [2.45, 2.75) is 99.8 Å². The van der Waals surface area contributed by atoms with Crippen LogP contribution in [0.1, 0.15) is 64.2 Å². The lowest BCUT2D eigenvalue weighted by Gasteiger charge is -2.44. The van der Waals surface area contributed by atoms with E-state index in [-0.39, 0.29) is 52.1 Å². The van der Waals surface area contributed by atoms with Gasteiger partial charge in [-0.05, 0) is 100 Å². The van der Waals surface area contributed by atoms with Crippen LogP contribution in [0.2, 0.25) is 0 Å². The summed E-state index contributed by atoms with van der Waals surface area (Å²) >= 11 is 12.9. The number of rotatable bonds is 7. The molecule has 0 aromatic carbocycles. The molecule has 1 aromatic heterocycles. The molecule has 3 N–H and O–H groups in total. The maximum atomic E-state index is 14.0. The van der Waals surface area contributed by atoms with Gasteiger partial charge in [-0.1, -0.05) is 0 Å². The number of amides is 1. The van der Waals surface area contributed by atoms with Gasteiger partial charge in [0.05, 0.1) is 5.38 Å². The van der Waals surface area contributed by atoms with Crippen molar-refractivity contribution in [3.05, 3.63) is 18.1 Å². The molecule has 9 atom stereocenters. The van der Waals surface area contributed by atoms with Crippen LogP contribution in [0.15, 0.2) is 16.9 Å². The van der Waals surface area contributed by atoms with Gasteiger partial charge < -0.3 is 15.1 Å². The maximum absolute atomic E-state index is 14.0. The van der Waals surface area contributed by atoms with Crippen LogP contribution in [0.3, 0.4) is 0 Å². The molecule has 8 unspecified atom stereocenters. The molecule has 0 bridgehead atoms. The van der Waals surface area contributed by atoms with E-state index in [9.17, 15) is 18.0 Å². The molecule has 2 heterocycles. The van der Waals surface area contributed by atoms with Gasteiger partial charge >= 0.3 is 6.18 Å². The third-order valence-electron chi connectivity index (χ3n) is 9.49. The molecule has 1 amide bonds. The Labute approximate surface area is 231 Å². The molecule has 3 saturated carbocycles. The molecule has 4 aliphatic rings. The molecule has 1 aromatic rings. The second kappa shape index (κ2) is 11.7. The Balaban J connectivity index is 1.33. The monoisotopic (exact) mass is 578 g/mol. The van der Waals surface area contributed by atoms with Gasteiger partial charge in [-0.3, -0.25) is 14.8 Å². The van der Waals surface area contributed by atoms with Crippen LogP contribution in [0.4, 0.5) is 13.2 Å². The Morgan fingerprint density at radius 1 is 1.11 bits per heavy atom. The minimum Gasteiger partial charge on any atom is -0.432 e. The van der Waals surface area contributed by atoms with Gasteiger partial charge in [0.25, 0.3) is 5.68 Å². The van der Waals surface area contributed by atoms with Crippen LogP contribution in [-0.4, -0.2) is 46.0 Å². The zero-order chi connectivity index (χ0) is 27.0. The number of aromatic nitrogens is 1. The first-order chi connectivity index (χ1) is 18.1. The minimum atomic E-state index is -4.32. The van der Waals surface area contributed by atoms with Crippen molar-refractivity contribution >= 4 is 29.1 Å². The molecule has 6 nitrogen and oxygen atoms in total. The normalized spacial score (nSPS) is 37.5. The average molecular weight is 580 g/mol. The van der Waals surface area contributed by atoms with E-state index >= 15 is 0 Å². The van der Waals surface area contributed by atoms with Gasteiger partial charge in [-0.25, -0.2) is 0 Å². The second-order valence-electron chi connectivity index (χ2n) is 12.1. The summed E-state index contributed by atoms with van der Waals surface area (Å²) in [5.74, 6) is -0.445. The van der Waals surface area contributed by atoms with Crippen LogP contribution < -0.4 is 16.3 Å². The molecule has 0 spiro atoms. The van der Waals surface area contributed by atoms with Gasteiger partial charge in [0.2, 0.25) is 5.91 Å². The number of piperidine rings is 1. The molecule has 4 fully saturated rings. The molecule has 1 aliphatic heterocycles. The fraction of sp³-hybridized carbons (Fsp3) is 0.852. The van der Waals surface area contributed by atoms with E-state index in [1.807, 2.05) is 0 Å². The summed E-state index contributed by atoms with van der Waals surface area (Å²) in [6.45, 7) is 0.829. The van der Waals surface area contributed by atoms with Crippen molar-refractivity contribution < 1.29 is 22.4 Å². The molecule has 11 heteroatoms. The number of nitrogens with zero attached hydrogens (tertiary/aromatic N) is 1. The van der Waals surface area contributed by atoms with Crippen molar-refractivity contribution in [3.8, 4) is 0 Å². The summed E-state index contributed by atoms with van der Waals surface area (Å²) in [6, 6.07) is -1.49. The summed E-state index contributed by atoms with van der Waals surface area (Å²) in [5.41, 5.74) is 0.0138. The van der Waals surface area contributed by atoms with Gasteiger partial charge in [0.15, 0.2) is 0 Å². The first kappa shape index (κ1) is 28.3. The number of carbonyl (C=O) groups is 1. The number of carbonyl (C=O) groups excluding carboxylic acids is 1. The number of hydrogen-bond donors (Lipinski definition) is 3. The highest BCUT2D eigenvalue weighted by molar-refractivity contribution is 6.30. The minimum absolute atomic E-state index is 0.00899. The highest BCUT2D eigenvalue weighted by atomic mass is 35.5. The van der Waals surface area contributed by atoms with Crippen LogP contribution in [0.25, 0.3) is 0 Å². The smallest absolute Gasteiger partial charge is 0.404 e. The summed E-state index contributed by atoms with van der Waals surface area (Å²) < 4.78 is 48.8. The van der Waals surface area contributed by atoms with Gasteiger partial charge in [-0.2, -0.15) is 13.2 Å². The molecule has 0 radical (unpaired) electrons. The Bertz CT molecular complexity index is 1010. The number of halogens is 5. The van der Waals surface area contributed by atoms with Crippen molar-refractivity contribution in [1.29, 1.82) is 5.41 Å². The summed E-state index contributed by atoms with van der Waals surface area (Å²) in [4.78, 5) is 13.8. The highest BCUT2D eigenvalue weighted by Crippen LogP contribution is 2.46. The van der Waals surface area contributed by atoms with E-state index in [1.54, 1.807) is 10.8 Å². The standard InChI is InChI=1S/C27H39Cl2F3N4O2/c28-21-6-5-17(13-22(21)29)23(16-3-4-16)35-25(37)19-11-15(14-36-8-9-38-26(36)33)10-18(12-19)20-2-1-7-34-24(20)27(30,31)32/h8-9,15-24,33-34H,1-7,10-14H2,(H,35,37)/t15?,17?,18?,19?,20?,21?,22?,23-,24?/m0/s1. The third kappa shape index (κ3) is 6.57. The number of oxazole rings is 1. The van der Waals surface area contributed by atoms with Crippen molar-refractivity contribution in [2.75, 3.05) is 6.54 Å². The van der Waals surface area contributed by atoms with Crippen LogP contribution in [0.5, 0.6) is 0 Å². The zero-order valence-electron chi connectivity index (χ0n) is 21.6. The predicted molar refractivity (Wildman–Crippen MR) is 139 cm³/mol. The average Bonchev–Trinajstić information content (AvgIpc) is 3.65. The Kier molecular flexibility index (Phi) is 8.75. The zero-order valence-corrected chi connectivity index (χ0v) is 23.1. The number of nitrogens with one attached hydrogen (secondary N) is 3. The fourth-order valence-corrected chi connectivity index (χ4v) is 8.08.